The number of benzene rings is 2. The van der Waals surface area contributed by atoms with Crippen LogP contribution in [0.25, 0.3) is 11.0 Å². The zero-order chi connectivity index (χ0) is 18.1. The number of fused-ring (bicyclic) bond motifs is 1. The molecule has 0 aliphatic heterocycles. The number of nitrogens with zero attached hydrogens (tertiary/aromatic N) is 2. The van der Waals surface area contributed by atoms with Gasteiger partial charge in [-0.05, 0) is 24.3 Å². The summed E-state index contributed by atoms with van der Waals surface area (Å²) < 4.78 is 20.7. The van der Waals surface area contributed by atoms with Crippen molar-refractivity contribution in [3.63, 3.8) is 0 Å². The van der Waals surface area contributed by atoms with Crippen LogP contribution in [-0.4, -0.2) is 22.6 Å². The van der Waals surface area contributed by atoms with Crippen molar-refractivity contribution >= 4 is 40.1 Å². The van der Waals surface area contributed by atoms with E-state index in [1.165, 1.54) is 12.1 Å². The number of amides is 1. The molecule has 1 aromatic heterocycles. The first-order valence-corrected chi connectivity index (χ1v) is 8.07. The molecule has 1 heterocycles. The number of carbonyl (C=O) groups is 1. The third kappa shape index (κ3) is 3.27. The van der Waals surface area contributed by atoms with Crippen molar-refractivity contribution in [2.24, 2.45) is 7.05 Å². The Hall–Kier alpha value is -2.31. The molecule has 0 unspecified atom stereocenters. The maximum Gasteiger partial charge on any atom is 0.251 e. The summed E-state index contributed by atoms with van der Waals surface area (Å²) in [6.45, 7) is 0.200. The van der Waals surface area contributed by atoms with Gasteiger partial charge in [0.15, 0.2) is 5.82 Å². The minimum absolute atomic E-state index is 0.174. The molecule has 1 amide bonds. The molecule has 0 saturated heterocycles. The molecule has 3 rings (SSSR count). The number of aromatic nitrogens is 2. The molecule has 0 bridgehead atoms. The van der Waals surface area contributed by atoms with Crippen LogP contribution in [0.3, 0.4) is 0 Å². The second-order valence-electron chi connectivity index (χ2n) is 5.41. The van der Waals surface area contributed by atoms with E-state index in [-0.39, 0.29) is 22.2 Å². The van der Waals surface area contributed by atoms with Crippen LogP contribution in [0.15, 0.2) is 30.6 Å². The predicted octanol–water partition coefficient (Wildman–Crippen LogP) is 3.96. The maximum atomic E-state index is 13.5. The van der Waals surface area contributed by atoms with Crippen LogP contribution in [0.2, 0.25) is 10.0 Å². The lowest BCUT2D eigenvalue weighted by Gasteiger charge is -2.12. The summed E-state index contributed by atoms with van der Waals surface area (Å²) in [4.78, 5) is 16.7. The molecule has 8 heteroatoms. The van der Waals surface area contributed by atoms with Crippen LogP contribution in [0.4, 0.5) is 4.39 Å². The van der Waals surface area contributed by atoms with Crippen molar-refractivity contribution in [2.45, 2.75) is 6.54 Å². The van der Waals surface area contributed by atoms with Crippen molar-refractivity contribution in [1.82, 2.24) is 14.9 Å². The second-order valence-corrected chi connectivity index (χ2v) is 6.22. The number of hydrogen-bond acceptors (Lipinski definition) is 3. The minimum atomic E-state index is -0.749. The third-order valence-corrected chi connectivity index (χ3v) is 4.38. The van der Waals surface area contributed by atoms with Gasteiger partial charge >= 0.3 is 0 Å². The van der Waals surface area contributed by atoms with E-state index in [0.29, 0.717) is 5.75 Å². The standard InChI is InChI=1S/C17H14Cl2FN3O2/c1-23-8-22-13-3-4-14(25-2)10(16(13)23)7-21-17(24)9-5-11(18)15(20)12(19)6-9/h3-6,8H,7H2,1-2H3,(H,21,24). The Morgan fingerprint density at radius 3 is 2.64 bits per heavy atom. The molecule has 130 valence electrons. The third-order valence-electron chi connectivity index (χ3n) is 3.83. The Labute approximate surface area is 153 Å². The van der Waals surface area contributed by atoms with Crippen LogP contribution < -0.4 is 10.1 Å². The van der Waals surface area contributed by atoms with Crippen molar-refractivity contribution in [1.29, 1.82) is 0 Å². The summed E-state index contributed by atoms with van der Waals surface area (Å²) in [6, 6.07) is 6.11. The van der Waals surface area contributed by atoms with E-state index in [2.05, 4.69) is 10.3 Å². The molecule has 0 atom stereocenters. The van der Waals surface area contributed by atoms with Crippen molar-refractivity contribution in [3.05, 3.63) is 57.6 Å². The molecule has 0 radical (unpaired) electrons. The summed E-state index contributed by atoms with van der Waals surface area (Å²) in [5, 5.41) is 2.36. The summed E-state index contributed by atoms with van der Waals surface area (Å²) in [5.41, 5.74) is 2.61. The van der Waals surface area contributed by atoms with Gasteiger partial charge in [0, 0.05) is 24.7 Å². The van der Waals surface area contributed by atoms with Crippen LogP contribution in [0.5, 0.6) is 5.75 Å². The molecule has 0 saturated carbocycles. The lowest BCUT2D eigenvalue weighted by molar-refractivity contribution is 0.0951. The summed E-state index contributed by atoms with van der Waals surface area (Å²) in [7, 11) is 3.42. The first kappa shape index (κ1) is 17.5. The summed E-state index contributed by atoms with van der Waals surface area (Å²) in [6.07, 6.45) is 1.69. The zero-order valence-corrected chi connectivity index (χ0v) is 15.0. The number of aryl methyl sites for hydroxylation is 1. The fraction of sp³-hybridized carbons (Fsp3) is 0.176. The highest BCUT2D eigenvalue weighted by Crippen LogP contribution is 2.28. The normalized spacial score (nSPS) is 10.9. The molecule has 25 heavy (non-hydrogen) atoms. The summed E-state index contributed by atoms with van der Waals surface area (Å²) >= 11 is 11.5. The number of imidazole rings is 1. The number of rotatable bonds is 4. The van der Waals surface area contributed by atoms with E-state index < -0.39 is 11.7 Å². The van der Waals surface area contributed by atoms with Gasteiger partial charge in [0.05, 0.1) is 34.5 Å². The van der Waals surface area contributed by atoms with Gasteiger partial charge in [-0.15, -0.1) is 0 Å². The highest BCUT2D eigenvalue weighted by atomic mass is 35.5. The van der Waals surface area contributed by atoms with Crippen LogP contribution in [0.1, 0.15) is 15.9 Å². The second kappa shape index (κ2) is 6.90. The molecule has 5 nitrogen and oxygen atoms in total. The highest BCUT2D eigenvalue weighted by molar-refractivity contribution is 6.35. The quantitative estimate of drug-likeness (QED) is 0.695. The average Bonchev–Trinajstić information content (AvgIpc) is 2.98. The number of hydrogen-bond donors (Lipinski definition) is 1. The van der Waals surface area contributed by atoms with E-state index in [9.17, 15) is 9.18 Å². The lowest BCUT2D eigenvalue weighted by Crippen LogP contribution is -2.23. The molecule has 1 N–H and O–H groups in total. The number of ether oxygens (including phenoxy) is 1. The molecule has 0 aliphatic carbocycles. The molecular formula is C17H14Cl2FN3O2. The van der Waals surface area contributed by atoms with Gasteiger partial charge in [0.2, 0.25) is 0 Å². The van der Waals surface area contributed by atoms with Crippen LogP contribution >= 0.6 is 23.2 Å². The lowest BCUT2D eigenvalue weighted by atomic mass is 10.1. The minimum Gasteiger partial charge on any atom is -0.496 e. The van der Waals surface area contributed by atoms with Gasteiger partial charge < -0.3 is 14.6 Å². The average molecular weight is 382 g/mol. The first-order chi connectivity index (χ1) is 11.9. The Bertz CT molecular complexity index is 949. The van der Waals surface area contributed by atoms with Gasteiger partial charge in [0.25, 0.3) is 5.91 Å². The topological polar surface area (TPSA) is 56.1 Å². The van der Waals surface area contributed by atoms with Crippen molar-refractivity contribution < 1.29 is 13.9 Å². The molecule has 0 spiro atoms. The predicted molar refractivity (Wildman–Crippen MR) is 94.9 cm³/mol. The van der Waals surface area contributed by atoms with E-state index in [1.807, 2.05) is 17.7 Å². The fourth-order valence-electron chi connectivity index (χ4n) is 2.63. The van der Waals surface area contributed by atoms with Crippen molar-refractivity contribution in [3.8, 4) is 5.75 Å². The van der Waals surface area contributed by atoms with Gasteiger partial charge in [-0.3, -0.25) is 4.79 Å². The van der Waals surface area contributed by atoms with E-state index in [4.69, 9.17) is 27.9 Å². The number of methoxy groups -OCH3 is 1. The molecular weight excluding hydrogens is 368 g/mol. The Kier molecular flexibility index (Phi) is 4.83. The Morgan fingerprint density at radius 2 is 2.00 bits per heavy atom. The highest BCUT2D eigenvalue weighted by Gasteiger charge is 2.16. The Morgan fingerprint density at radius 1 is 1.32 bits per heavy atom. The molecule has 0 fully saturated rings. The van der Waals surface area contributed by atoms with E-state index in [0.717, 1.165) is 16.6 Å². The van der Waals surface area contributed by atoms with E-state index in [1.54, 1.807) is 19.5 Å². The smallest absolute Gasteiger partial charge is 0.251 e. The summed E-state index contributed by atoms with van der Waals surface area (Å²) in [5.74, 6) is -0.544. The van der Waals surface area contributed by atoms with Crippen LogP contribution in [0, 0.1) is 5.82 Å². The molecule has 3 aromatic rings. The monoisotopic (exact) mass is 381 g/mol. The van der Waals surface area contributed by atoms with Gasteiger partial charge in [-0.2, -0.15) is 0 Å². The number of halogens is 3. The molecule has 2 aromatic carbocycles. The first-order valence-electron chi connectivity index (χ1n) is 7.32. The van der Waals surface area contributed by atoms with Gasteiger partial charge in [-0.25, -0.2) is 9.37 Å². The Balaban J connectivity index is 1.90. The fourth-order valence-corrected chi connectivity index (χ4v) is 3.12. The zero-order valence-electron chi connectivity index (χ0n) is 13.4. The van der Waals surface area contributed by atoms with E-state index >= 15 is 0 Å². The van der Waals surface area contributed by atoms with Crippen molar-refractivity contribution in [2.75, 3.05) is 7.11 Å². The number of nitrogens with one attached hydrogen (secondary N) is 1. The molecule has 0 aliphatic rings. The largest absolute Gasteiger partial charge is 0.496 e. The van der Waals surface area contributed by atoms with Crippen LogP contribution in [-0.2, 0) is 13.6 Å². The van der Waals surface area contributed by atoms with Gasteiger partial charge in [-0.1, -0.05) is 23.2 Å². The maximum absolute atomic E-state index is 13.5. The SMILES string of the molecule is COc1ccc2ncn(C)c2c1CNC(=O)c1cc(Cl)c(F)c(Cl)c1. The number of carbonyl (C=O) groups excluding carboxylic acids is 1. The van der Waals surface area contributed by atoms with Gasteiger partial charge in [0.1, 0.15) is 5.75 Å².